The molecule has 122 valence electrons. The Morgan fingerprint density at radius 2 is 2.04 bits per heavy atom. The molecule has 1 unspecified atom stereocenters. The quantitative estimate of drug-likeness (QED) is 0.761. The predicted molar refractivity (Wildman–Crippen MR) is 88.5 cm³/mol. The third kappa shape index (κ3) is 4.57. The summed E-state index contributed by atoms with van der Waals surface area (Å²) in [5, 5.41) is 12.3. The van der Waals surface area contributed by atoms with Gasteiger partial charge in [-0.05, 0) is 31.5 Å². The lowest BCUT2D eigenvalue weighted by Gasteiger charge is -2.16. The predicted octanol–water partition coefficient (Wildman–Crippen LogP) is 1.91. The van der Waals surface area contributed by atoms with Gasteiger partial charge in [-0.2, -0.15) is 5.10 Å². The van der Waals surface area contributed by atoms with Crippen LogP contribution in [-0.4, -0.2) is 34.3 Å². The molecule has 1 aromatic carbocycles. The number of hydrogen-bond acceptors (Lipinski definition) is 3. The summed E-state index contributed by atoms with van der Waals surface area (Å²) in [6.45, 7) is 4.20. The highest BCUT2D eigenvalue weighted by atomic mass is 16.2. The first-order valence-corrected chi connectivity index (χ1v) is 7.56. The van der Waals surface area contributed by atoms with Crippen LogP contribution in [0.5, 0.6) is 0 Å². The van der Waals surface area contributed by atoms with Crippen molar-refractivity contribution in [3.05, 3.63) is 42.7 Å². The molecule has 0 saturated heterocycles. The Kier molecular flexibility index (Phi) is 5.74. The molecule has 0 fully saturated rings. The van der Waals surface area contributed by atoms with Crippen LogP contribution in [0.3, 0.4) is 0 Å². The second kappa shape index (κ2) is 7.98. The first-order valence-electron chi connectivity index (χ1n) is 7.56. The fourth-order valence-corrected chi connectivity index (χ4v) is 2.01. The van der Waals surface area contributed by atoms with E-state index in [9.17, 15) is 9.59 Å². The van der Waals surface area contributed by atoms with Gasteiger partial charge >= 0.3 is 6.03 Å². The van der Waals surface area contributed by atoms with Crippen LogP contribution in [0.4, 0.5) is 10.5 Å². The van der Waals surface area contributed by atoms with Gasteiger partial charge in [0.05, 0.1) is 11.4 Å². The van der Waals surface area contributed by atoms with Gasteiger partial charge in [-0.15, -0.1) is 0 Å². The molecule has 0 radical (unpaired) electrons. The number of nitrogens with one attached hydrogen (secondary N) is 3. The molecule has 2 rings (SSSR count). The van der Waals surface area contributed by atoms with Crippen molar-refractivity contribution in [2.24, 2.45) is 0 Å². The molecule has 0 aliphatic carbocycles. The molecule has 1 atom stereocenters. The van der Waals surface area contributed by atoms with Crippen LogP contribution in [0.25, 0.3) is 5.69 Å². The van der Waals surface area contributed by atoms with Crippen molar-refractivity contribution in [1.82, 2.24) is 20.4 Å². The maximum Gasteiger partial charge on any atom is 0.319 e. The van der Waals surface area contributed by atoms with E-state index >= 15 is 0 Å². The van der Waals surface area contributed by atoms with Crippen molar-refractivity contribution in [2.75, 3.05) is 11.9 Å². The van der Waals surface area contributed by atoms with Crippen LogP contribution < -0.4 is 16.0 Å². The minimum atomic E-state index is -0.613. The van der Waals surface area contributed by atoms with E-state index in [1.54, 1.807) is 36.1 Å². The van der Waals surface area contributed by atoms with Crippen molar-refractivity contribution in [3.63, 3.8) is 0 Å². The highest BCUT2D eigenvalue weighted by Crippen LogP contribution is 2.18. The monoisotopic (exact) mass is 315 g/mol. The average Bonchev–Trinajstić information content (AvgIpc) is 3.07. The number of anilines is 1. The Bertz CT molecular complexity index is 654. The Balaban J connectivity index is 2.00. The van der Waals surface area contributed by atoms with E-state index < -0.39 is 12.1 Å². The van der Waals surface area contributed by atoms with Crippen LogP contribution in [0.15, 0.2) is 42.7 Å². The maximum atomic E-state index is 12.1. The molecule has 0 spiro atoms. The van der Waals surface area contributed by atoms with E-state index in [1.165, 1.54) is 0 Å². The Labute approximate surface area is 135 Å². The van der Waals surface area contributed by atoms with Gasteiger partial charge in [0, 0.05) is 18.9 Å². The van der Waals surface area contributed by atoms with Crippen LogP contribution in [-0.2, 0) is 4.79 Å². The van der Waals surface area contributed by atoms with Gasteiger partial charge in [-0.25, -0.2) is 9.48 Å². The highest BCUT2D eigenvalue weighted by molar-refractivity contribution is 5.94. The second-order valence-corrected chi connectivity index (χ2v) is 5.08. The summed E-state index contributed by atoms with van der Waals surface area (Å²) in [4.78, 5) is 23.9. The molecule has 2 aromatic rings. The molecule has 1 aromatic heterocycles. The lowest BCUT2D eigenvalue weighted by Crippen LogP contribution is -2.46. The fraction of sp³-hybridized carbons (Fsp3) is 0.312. The Morgan fingerprint density at radius 1 is 1.26 bits per heavy atom. The standard InChI is InChI=1S/C16H21N5O2/c1-3-9-17-15(22)12(2)19-16(23)20-13-7-4-5-8-14(13)21-11-6-10-18-21/h4-8,10-12H,3,9H2,1-2H3,(H,17,22)(H2,19,20,23). The Morgan fingerprint density at radius 3 is 2.74 bits per heavy atom. The molecule has 0 aliphatic heterocycles. The van der Waals surface area contributed by atoms with E-state index in [0.29, 0.717) is 12.2 Å². The SMILES string of the molecule is CCCNC(=O)C(C)NC(=O)Nc1ccccc1-n1cccn1. The zero-order chi connectivity index (χ0) is 16.7. The number of nitrogens with zero attached hydrogens (tertiary/aromatic N) is 2. The molecule has 3 N–H and O–H groups in total. The molecular formula is C16H21N5O2. The number of hydrogen-bond donors (Lipinski definition) is 3. The number of rotatable bonds is 6. The highest BCUT2D eigenvalue weighted by Gasteiger charge is 2.15. The number of amides is 3. The molecule has 0 saturated carbocycles. The average molecular weight is 315 g/mol. The molecule has 3 amide bonds. The van der Waals surface area contributed by atoms with E-state index in [-0.39, 0.29) is 5.91 Å². The zero-order valence-corrected chi connectivity index (χ0v) is 13.2. The van der Waals surface area contributed by atoms with Gasteiger partial charge in [0.15, 0.2) is 0 Å². The minimum Gasteiger partial charge on any atom is -0.354 e. The number of urea groups is 1. The summed E-state index contributed by atoms with van der Waals surface area (Å²) in [5.41, 5.74) is 1.35. The first kappa shape index (κ1) is 16.5. The van der Waals surface area contributed by atoms with Gasteiger partial charge in [0.25, 0.3) is 0 Å². The zero-order valence-electron chi connectivity index (χ0n) is 13.2. The molecule has 23 heavy (non-hydrogen) atoms. The van der Waals surface area contributed by atoms with Gasteiger partial charge in [0.1, 0.15) is 6.04 Å². The third-order valence-corrected chi connectivity index (χ3v) is 3.19. The van der Waals surface area contributed by atoms with Crippen molar-refractivity contribution in [3.8, 4) is 5.69 Å². The molecule has 1 heterocycles. The fourth-order valence-electron chi connectivity index (χ4n) is 2.01. The van der Waals surface area contributed by atoms with Crippen LogP contribution in [0, 0.1) is 0 Å². The van der Waals surface area contributed by atoms with Crippen molar-refractivity contribution in [2.45, 2.75) is 26.3 Å². The van der Waals surface area contributed by atoms with E-state index in [1.807, 2.05) is 25.1 Å². The lowest BCUT2D eigenvalue weighted by molar-refractivity contribution is -0.122. The van der Waals surface area contributed by atoms with Gasteiger partial charge in [-0.1, -0.05) is 19.1 Å². The van der Waals surface area contributed by atoms with Crippen molar-refractivity contribution in [1.29, 1.82) is 0 Å². The molecule has 0 bridgehead atoms. The molecular weight excluding hydrogens is 294 g/mol. The number of aromatic nitrogens is 2. The van der Waals surface area contributed by atoms with Crippen LogP contribution in [0.2, 0.25) is 0 Å². The first-order chi connectivity index (χ1) is 11.1. The van der Waals surface area contributed by atoms with E-state index in [4.69, 9.17) is 0 Å². The maximum absolute atomic E-state index is 12.1. The normalized spacial score (nSPS) is 11.6. The van der Waals surface area contributed by atoms with Gasteiger partial charge < -0.3 is 16.0 Å². The van der Waals surface area contributed by atoms with E-state index in [2.05, 4.69) is 21.0 Å². The van der Waals surface area contributed by atoms with Gasteiger partial charge in [0.2, 0.25) is 5.91 Å². The Hall–Kier alpha value is -2.83. The van der Waals surface area contributed by atoms with Crippen molar-refractivity contribution < 1.29 is 9.59 Å². The summed E-state index contributed by atoms with van der Waals surface area (Å²) in [7, 11) is 0. The number of benzene rings is 1. The summed E-state index contributed by atoms with van der Waals surface area (Å²) in [6.07, 6.45) is 4.30. The second-order valence-electron chi connectivity index (χ2n) is 5.08. The number of para-hydroxylation sites is 2. The lowest BCUT2D eigenvalue weighted by atomic mass is 10.2. The van der Waals surface area contributed by atoms with E-state index in [0.717, 1.165) is 12.1 Å². The smallest absolute Gasteiger partial charge is 0.319 e. The summed E-state index contributed by atoms with van der Waals surface area (Å²) in [6, 6.07) is 8.05. The topological polar surface area (TPSA) is 88.0 Å². The molecule has 7 heteroatoms. The molecule has 0 aliphatic rings. The number of carbonyl (C=O) groups is 2. The number of carbonyl (C=O) groups excluding carboxylic acids is 2. The summed E-state index contributed by atoms with van der Waals surface area (Å²) >= 11 is 0. The largest absolute Gasteiger partial charge is 0.354 e. The van der Waals surface area contributed by atoms with Crippen molar-refractivity contribution >= 4 is 17.6 Å². The van der Waals surface area contributed by atoms with Gasteiger partial charge in [-0.3, -0.25) is 4.79 Å². The van der Waals surface area contributed by atoms with Crippen LogP contribution >= 0.6 is 0 Å². The van der Waals surface area contributed by atoms with Crippen LogP contribution in [0.1, 0.15) is 20.3 Å². The minimum absolute atomic E-state index is 0.206. The summed E-state index contributed by atoms with van der Waals surface area (Å²) in [5.74, 6) is -0.206. The molecule has 7 nitrogen and oxygen atoms in total. The third-order valence-electron chi connectivity index (χ3n) is 3.19. The summed E-state index contributed by atoms with van der Waals surface area (Å²) < 4.78 is 1.66.